The molecule has 1 aliphatic heterocycles. The molecule has 1 rings (SSSR count). The number of unbranched alkanes of at least 4 members (excludes halogenated alkanes) is 2. The fourth-order valence-electron chi connectivity index (χ4n) is 1.72. The molecule has 96 valence electrons. The third kappa shape index (κ3) is 6.95. The number of allylic oxidation sites excluding steroid dienone is 3. The highest BCUT2D eigenvalue weighted by Crippen LogP contribution is 2.10. The molecule has 1 heterocycles. The SMILES string of the molecule is CCCCC=CC=CC(=O)NCC1CCCO1. The average molecular weight is 237 g/mol. The predicted molar refractivity (Wildman–Crippen MR) is 69.8 cm³/mol. The smallest absolute Gasteiger partial charge is 0.244 e. The molecule has 0 saturated carbocycles. The summed E-state index contributed by atoms with van der Waals surface area (Å²) in [6, 6.07) is 0. The zero-order valence-electron chi connectivity index (χ0n) is 10.7. The largest absolute Gasteiger partial charge is 0.376 e. The number of amides is 1. The van der Waals surface area contributed by atoms with Crippen molar-refractivity contribution in [2.24, 2.45) is 0 Å². The van der Waals surface area contributed by atoms with Crippen molar-refractivity contribution in [3.63, 3.8) is 0 Å². The summed E-state index contributed by atoms with van der Waals surface area (Å²) in [5, 5.41) is 2.84. The zero-order valence-corrected chi connectivity index (χ0v) is 10.7. The molecular weight excluding hydrogens is 214 g/mol. The van der Waals surface area contributed by atoms with Crippen molar-refractivity contribution < 1.29 is 9.53 Å². The van der Waals surface area contributed by atoms with E-state index < -0.39 is 0 Å². The highest BCUT2D eigenvalue weighted by atomic mass is 16.5. The molecule has 0 bridgehead atoms. The van der Waals surface area contributed by atoms with E-state index in [9.17, 15) is 4.79 Å². The number of ether oxygens (including phenoxy) is 1. The Labute approximate surface area is 104 Å². The maximum Gasteiger partial charge on any atom is 0.244 e. The van der Waals surface area contributed by atoms with Gasteiger partial charge < -0.3 is 10.1 Å². The number of nitrogens with one attached hydrogen (secondary N) is 1. The van der Waals surface area contributed by atoms with Gasteiger partial charge in [0.1, 0.15) is 0 Å². The van der Waals surface area contributed by atoms with E-state index in [0.29, 0.717) is 6.54 Å². The summed E-state index contributed by atoms with van der Waals surface area (Å²) < 4.78 is 5.42. The van der Waals surface area contributed by atoms with Gasteiger partial charge in [-0.15, -0.1) is 0 Å². The highest BCUT2D eigenvalue weighted by molar-refractivity contribution is 5.87. The molecule has 1 amide bonds. The minimum absolute atomic E-state index is 0.0411. The van der Waals surface area contributed by atoms with Crippen LogP contribution in [0, 0.1) is 0 Å². The van der Waals surface area contributed by atoms with Crippen molar-refractivity contribution in [2.45, 2.75) is 45.1 Å². The third-order valence-electron chi connectivity index (χ3n) is 2.75. The van der Waals surface area contributed by atoms with Gasteiger partial charge in [0.25, 0.3) is 0 Å². The lowest BCUT2D eigenvalue weighted by Crippen LogP contribution is -2.30. The molecule has 1 saturated heterocycles. The Balaban J connectivity index is 2.06. The zero-order chi connectivity index (χ0) is 12.3. The molecule has 0 aromatic heterocycles. The van der Waals surface area contributed by atoms with Gasteiger partial charge in [-0.3, -0.25) is 4.79 Å². The molecule has 0 aromatic rings. The normalized spacial score (nSPS) is 20.4. The maximum absolute atomic E-state index is 11.4. The maximum atomic E-state index is 11.4. The Morgan fingerprint density at radius 1 is 1.47 bits per heavy atom. The lowest BCUT2D eigenvalue weighted by Gasteiger charge is -2.08. The van der Waals surface area contributed by atoms with E-state index in [1.807, 2.05) is 6.08 Å². The van der Waals surface area contributed by atoms with Crippen LogP contribution < -0.4 is 5.32 Å². The Bertz CT molecular complexity index is 265. The van der Waals surface area contributed by atoms with Gasteiger partial charge in [0.05, 0.1) is 6.10 Å². The summed E-state index contributed by atoms with van der Waals surface area (Å²) in [4.78, 5) is 11.4. The second kappa shape index (κ2) is 8.99. The lowest BCUT2D eigenvalue weighted by molar-refractivity contribution is -0.117. The molecule has 1 N–H and O–H groups in total. The van der Waals surface area contributed by atoms with E-state index in [1.165, 1.54) is 12.8 Å². The highest BCUT2D eigenvalue weighted by Gasteiger charge is 2.15. The van der Waals surface area contributed by atoms with Crippen LogP contribution in [0.2, 0.25) is 0 Å². The van der Waals surface area contributed by atoms with Gasteiger partial charge in [-0.2, -0.15) is 0 Å². The van der Waals surface area contributed by atoms with E-state index in [4.69, 9.17) is 4.74 Å². The van der Waals surface area contributed by atoms with E-state index >= 15 is 0 Å². The Morgan fingerprint density at radius 2 is 2.35 bits per heavy atom. The predicted octanol–water partition coefficient (Wildman–Crippen LogP) is 2.58. The van der Waals surface area contributed by atoms with Crippen LogP contribution >= 0.6 is 0 Å². The molecule has 1 atom stereocenters. The summed E-state index contributed by atoms with van der Waals surface area (Å²) in [5.41, 5.74) is 0. The molecular formula is C14H23NO2. The standard InChI is InChI=1S/C14H23NO2/c1-2-3-4-5-6-7-10-14(16)15-12-13-9-8-11-17-13/h5-7,10,13H,2-4,8-9,11-12H2,1H3,(H,15,16). The fourth-order valence-corrected chi connectivity index (χ4v) is 1.72. The molecule has 0 spiro atoms. The van der Waals surface area contributed by atoms with Gasteiger partial charge in [0.2, 0.25) is 5.91 Å². The third-order valence-corrected chi connectivity index (χ3v) is 2.75. The first-order chi connectivity index (χ1) is 8.33. The van der Waals surface area contributed by atoms with Crippen LogP contribution in [0.1, 0.15) is 39.0 Å². The molecule has 1 aliphatic rings. The van der Waals surface area contributed by atoms with Crippen LogP contribution in [-0.4, -0.2) is 25.2 Å². The van der Waals surface area contributed by atoms with E-state index in [0.717, 1.165) is 25.9 Å². The monoisotopic (exact) mass is 237 g/mol. The van der Waals surface area contributed by atoms with Gasteiger partial charge in [-0.25, -0.2) is 0 Å². The molecule has 1 unspecified atom stereocenters. The van der Waals surface area contributed by atoms with Crippen LogP contribution in [0.4, 0.5) is 0 Å². The molecule has 0 radical (unpaired) electrons. The van der Waals surface area contributed by atoms with Gasteiger partial charge in [0.15, 0.2) is 0 Å². The summed E-state index contributed by atoms with van der Waals surface area (Å²) in [5.74, 6) is -0.0411. The van der Waals surface area contributed by atoms with Crippen LogP contribution in [-0.2, 0) is 9.53 Å². The van der Waals surface area contributed by atoms with E-state index in [-0.39, 0.29) is 12.0 Å². The van der Waals surface area contributed by atoms with Crippen molar-refractivity contribution in [1.82, 2.24) is 5.32 Å². The summed E-state index contributed by atoms with van der Waals surface area (Å²) in [7, 11) is 0. The molecule has 17 heavy (non-hydrogen) atoms. The lowest BCUT2D eigenvalue weighted by atomic mass is 10.2. The molecule has 0 aliphatic carbocycles. The number of rotatable bonds is 7. The molecule has 3 heteroatoms. The number of carbonyl (C=O) groups is 1. The van der Waals surface area contributed by atoms with Crippen molar-refractivity contribution >= 4 is 5.91 Å². The van der Waals surface area contributed by atoms with Crippen LogP contribution in [0.15, 0.2) is 24.3 Å². The fraction of sp³-hybridized carbons (Fsp3) is 0.643. The van der Waals surface area contributed by atoms with Crippen molar-refractivity contribution in [2.75, 3.05) is 13.2 Å². The van der Waals surface area contributed by atoms with Gasteiger partial charge in [0, 0.05) is 19.2 Å². The molecule has 0 aromatic carbocycles. The van der Waals surface area contributed by atoms with Crippen molar-refractivity contribution in [1.29, 1.82) is 0 Å². The van der Waals surface area contributed by atoms with Crippen LogP contribution in [0.5, 0.6) is 0 Å². The Kier molecular flexibility index (Phi) is 7.39. The second-order valence-electron chi connectivity index (χ2n) is 4.31. The topological polar surface area (TPSA) is 38.3 Å². The van der Waals surface area contributed by atoms with Gasteiger partial charge in [-0.05, 0) is 19.3 Å². The summed E-state index contributed by atoms with van der Waals surface area (Å²) in [6.45, 7) is 3.63. The first kappa shape index (κ1) is 14.0. The summed E-state index contributed by atoms with van der Waals surface area (Å²) >= 11 is 0. The number of carbonyl (C=O) groups excluding carboxylic acids is 1. The Morgan fingerprint density at radius 3 is 3.06 bits per heavy atom. The van der Waals surface area contributed by atoms with Crippen LogP contribution in [0.3, 0.4) is 0 Å². The number of hydrogen-bond acceptors (Lipinski definition) is 2. The average Bonchev–Trinajstić information content (AvgIpc) is 2.84. The summed E-state index contributed by atoms with van der Waals surface area (Å²) in [6.07, 6.45) is 13.3. The number of hydrogen-bond donors (Lipinski definition) is 1. The molecule has 3 nitrogen and oxygen atoms in total. The minimum Gasteiger partial charge on any atom is -0.376 e. The minimum atomic E-state index is -0.0411. The van der Waals surface area contributed by atoms with Crippen LogP contribution in [0.25, 0.3) is 0 Å². The van der Waals surface area contributed by atoms with Crippen molar-refractivity contribution in [3.8, 4) is 0 Å². The van der Waals surface area contributed by atoms with Gasteiger partial charge >= 0.3 is 0 Å². The first-order valence-electron chi connectivity index (χ1n) is 6.55. The first-order valence-corrected chi connectivity index (χ1v) is 6.55. The van der Waals surface area contributed by atoms with E-state index in [1.54, 1.807) is 12.2 Å². The Hall–Kier alpha value is -1.09. The molecule has 1 fully saturated rings. The van der Waals surface area contributed by atoms with Crippen molar-refractivity contribution in [3.05, 3.63) is 24.3 Å². The van der Waals surface area contributed by atoms with Gasteiger partial charge in [-0.1, -0.05) is 38.0 Å². The quantitative estimate of drug-likeness (QED) is 0.420. The second-order valence-corrected chi connectivity index (χ2v) is 4.31. The van der Waals surface area contributed by atoms with E-state index in [2.05, 4.69) is 18.3 Å².